The lowest BCUT2D eigenvalue weighted by Crippen LogP contribution is -2.33. The Morgan fingerprint density at radius 2 is 2.20 bits per heavy atom. The summed E-state index contributed by atoms with van der Waals surface area (Å²) in [7, 11) is 0. The molecule has 15 heavy (non-hydrogen) atoms. The minimum absolute atomic E-state index is 0.0300. The first-order valence-corrected chi connectivity index (χ1v) is 6.38. The Balaban J connectivity index is 2.65. The molecule has 82 valence electrons. The Morgan fingerprint density at radius 1 is 1.53 bits per heavy atom. The average Bonchev–Trinajstić information content (AvgIpc) is 2.18. The second-order valence-electron chi connectivity index (χ2n) is 3.33. The molecular formula is C11H13ClINO. The molecule has 1 rings (SSSR count). The van der Waals surface area contributed by atoms with Gasteiger partial charge in [-0.1, -0.05) is 12.1 Å². The van der Waals surface area contributed by atoms with Crippen LogP contribution >= 0.6 is 34.2 Å². The zero-order valence-electron chi connectivity index (χ0n) is 8.47. The van der Waals surface area contributed by atoms with E-state index in [9.17, 15) is 4.79 Å². The quantitative estimate of drug-likeness (QED) is 0.664. The highest BCUT2D eigenvalue weighted by atomic mass is 127. The molecule has 0 radical (unpaired) electrons. The highest BCUT2D eigenvalue weighted by molar-refractivity contribution is 14.1. The van der Waals surface area contributed by atoms with Crippen LogP contribution in [0.3, 0.4) is 0 Å². The van der Waals surface area contributed by atoms with Crippen molar-refractivity contribution in [3.05, 3.63) is 33.4 Å². The van der Waals surface area contributed by atoms with Crippen molar-refractivity contribution in [2.45, 2.75) is 19.4 Å². The van der Waals surface area contributed by atoms with E-state index >= 15 is 0 Å². The van der Waals surface area contributed by atoms with E-state index in [2.05, 4.69) is 27.9 Å². The molecule has 0 aliphatic carbocycles. The van der Waals surface area contributed by atoms with Gasteiger partial charge in [0.15, 0.2) is 0 Å². The summed E-state index contributed by atoms with van der Waals surface area (Å²) in [5.74, 6) is 0.533. The number of benzene rings is 1. The summed E-state index contributed by atoms with van der Waals surface area (Å²) in [4.78, 5) is 11.8. The van der Waals surface area contributed by atoms with E-state index in [4.69, 9.17) is 11.6 Å². The number of carbonyl (C=O) groups excluding carboxylic acids is 1. The molecule has 0 spiro atoms. The summed E-state index contributed by atoms with van der Waals surface area (Å²) in [6.45, 7) is 1.95. The van der Waals surface area contributed by atoms with Gasteiger partial charge >= 0.3 is 0 Å². The van der Waals surface area contributed by atoms with Gasteiger partial charge in [-0.15, -0.1) is 11.6 Å². The van der Waals surface area contributed by atoms with Crippen LogP contribution in [0.25, 0.3) is 0 Å². The Morgan fingerprint density at radius 3 is 2.80 bits per heavy atom. The molecule has 1 N–H and O–H groups in total. The van der Waals surface area contributed by atoms with Gasteiger partial charge in [0, 0.05) is 15.5 Å². The number of halogens is 2. The zero-order valence-corrected chi connectivity index (χ0v) is 11.4. The van der Waals surface area contributed by atoms with Gasteiger partial charge in [-0.05, 0) is 48.1 Å². The number of amides is 1. The Bertz CT molecular complexity index is 343. The van der Waals surface area contributed by atoms with Crippen LogP contribution in [-0.2, 0) is 0 Å². The zero-order chi connectivity index (χ0) is 11.3. The second kappa shape index (κ2) is 6.33. The van der Waals surface area contributed by atoms with E-state index in [0.717, 1.165) is 15.6 Å². The number of hydrogen-bond acceptors (Lipinski definition) is 1. The smallest absolute Gasteiger partial charge is 0.252 e. The van der Waals surface area contributed by atoms with Crippen molar-refractivity contribution >= 4 is 40.1 Å². The van der Waals surface area contributed by atoms with Crippen LogP contribution < -0.4 is 5.32 Å². The van der Waals surface area contributed by atoms with E-state index in [1.165, 1.54) is 0 Å². The Labute approximate surface area is 109 Å². The van der Waals surface area contributed by atoms with Crippen LogP contribution in [0.15, 0.2) is 24.3 Å². The number of alkyl halides is 1. The van der Waals surface area contributed by atoms with Gasteiger partial charge in [0.1, 0.15) is 0 Å². The van der Waals surface area contributed by atoms with E-state index in [-0.39, 0.29) is 11.9 Å². The predicted octanol–water partition coefficient (Wildman–Crippen LogP) is 3.04. The molecule has 0 aromatic heterocycles. The first-order chi connectivity index (χ1) is 7.15. The molecule has 1 aromatic carbocycles. The fourth-order valence-corrected chi connectivity index (χ4v) is 2.14. The van der Waals surface area contributed by atoms with Crippen LogP contribution in [0.1, 0.15) is 23.7 Å². The number of hydrogen-bond donors (Lipinski definition) is 1. The minimum atomic E-state index is -0.0300. The highest BCUT2D eigenvalue weighted by Gasteiger charge is 2.11. The maximum atomic E-state index is 11.8. The number of rotatable bonds is 4. The molecule has 1 atom stereocenters. The van der Waals surface area contributed by atoms with Crippen molar-refractivity contribution in [3.8, 4) is 0 Å². The molecule has 0 aliphatic heterocycles. The highest BCUT2D eigenvalue weighted by Crippen LogP contribution is 2.11. The van der Waals surface area contributed by atoms with E-state index in [1.54, 1.807) is 0 Å². The molecule has 1 aromatic rings. The molecule has 4 heteroatoms. The Kier molecular flexibility index (Phi) is 5.39. The molecule has 0 fully saturated rings. The summed E-state index contributed by atoms with van der Waals surface area (Å²) >= 11 is 7.76. The summed E-state index contributed by atoms with van der Waals surface area (Å²) in [5.41, 5.74) is 0.722. The Hall–Kier alpha value is -0.290. The lowest BCUT2D eigenvalue weighted by molar-refractivity contribution is 0.0938. The first kappa shape index (κ1) is 12.8. The molecule has 0 heterocycles. The van der Waals surface area contributed by atoms with Crippen LogP contribution in [0, 0.1) is 3.57 Å². The first-order valence-electron chi connectivity index (χ1n) is 4.76. The summed E-state index contributed by atoms with van der Waals surface area (Å²) in [6.07, 6.45) is 0.788. The van der Waals surface area contributed by atoms with E-state index in [1.807, 2.05) is 31.2 Å². The topological polar surface area (TPSA) is 29.1 Å². The normalized spacial score (nSPS) is 12.2. The van der Waals surface area contributed by atoms with Crippen molar-refractivity contribution in [3.63, 3.8) is 0 Å². The standard InChI is InChI=1S/C11H13ClINO/c1-8(6-7-12)14-11(15)9-4-2-3-5-10(9)13/h2-5,8H,6-7H2,1H3,(H,14,15). The molecular weight excluding hydrogens is 324 g/mol. The molecule has 0 saturated carbocycles. The van der Waals surface area contributed by atoms with E-state index < -0.39 is 0 Å². The van der Waals surface area contributed by atoms with E-state index in [0.29, 0.717) is 5.88 Å². The summed E-state index contributed by atoms with van der Waals surface area (Å²) in [6, 6.07) is 7.64. The number of nitrogens with one attached hydrogen (secondary N) is 1. The average molecular weight is 338 g/mol. The maximum Gasteiger partial charge on any atom is 0.252 e. The van der Waals surface area contributed by atoms with Gasteiger partial charge in [0.25, 0.3) is 5.91 Å². The second-order valence-corrected chi connectivity index (χ2v) is 4.87. The SMILES string of the molecule is CC(CCCl)NC(=O)c1ccccc1I. The maximum absolute atomic E-state index is 11.8. The molecule has 0 saturated heterocycles. The van der Waals surface area contributed by atoms with Crippen molar-refractivity contribution in [1.82, 2.24) is 5.32 Å². The van der Waals surface area contributed by atoms with Gasteiger partial charge in [0.05, 0.1) is 5.56 Å². The third-order valence-electron chi connectivity index (χ3n) is 2.04. The van der Waals surface area contributed by atoms with Crippen molar-refractivity contribution < 1.29 is 4.79 Å². The monoisotopic (exact) mass is 337 g/mol. The van der Waals surface area contributed by atoms with Crippen molar-refractivity contribution in [2.75, 3.05) is 5.88 Å². The predicted molar refractivity (Wildman–Crippen MR) is 71.4 cm³/mol. The molecule has 1 unspecified atom stereocenters. The van der Waals surface area contributed by atoms with Crippen molar-refractivity contribution in [1.29, 1.82) is 0 Å². The molecule has 2 nitrogen and oxygen atoms in total. The molecule has 0 bridgehead atoms. The van der Waals surface area contributed by atoms with Crippen LogP contribution in [0.2, 0.25) is 0 Å². The lowest BCUT2D eigenvalue weighted by atomic mass is 10.2. The molecule has 0 aliphatic rings. The largest absolute Gasteiger partial charge is 0.350 e. The fourth-order valence-electron chi connectivity index (χ4n) is 1.18. The third-order valence-corrected chi connectivity index (χ3v) is 3.20. The van der Waals surface area contributed by atoms with Crippen LogP contribution in [0.5, 0.6) is 0 Å². The summed E-state index contributed by atoms with van der Waals surface area (Å²) < 4.78 is 0.964. The summed E-state index contributed by atoms with van der Waals surface area (Å²) in [5, 5.41) is 2.91. The number of carbonyl (C=O) groups is 1. The van der Waals surface area contributed by atoms with Crippen LogP contribution in [-0.4, -0.2) is 17.8 Å². The van der Waals surface area contributed by atoms with Gasteiger partial charge in [-0.2, -0.15) is 0 Å². The van der Waals surface area contributed by atoms with Crippen molar-refractivity contribution in [2.24, 2.45) is 0 Å². The van der Waals surface area contributed by atoms with Gasteiger partial charge in [-0.3, -0.25) is 4.79 Å². The van der Waals surface area contributed by atoms with Gasteiger partial charge in [0.2, 0.25) is 0 Å². The van der Waals surface area contributed by atoms with Gasteiger partial charge in [-0.25, -0.2) is 0 Å². The molecule has 1 amide bonds. The van der Waals surface area contributed by atoms with Crippen LogP contribution in [0.4, 0.5) is 0 Å². The lowest BCUT2D eigenvalue weighted by Gasteiger charge is -2.12. The van der Waals surface area contributed by atoms with Gasteiger partial charge < -0.3 is 5.32 Å². The fraction of sp³-hybridized carbons (Fsp3) is 0.364. The minimum Gasteiger partial charge on any atom is -0.350 e. The third kappa shape index (κ3) is 3.99.